The molecule has 0 aromatic carbocycles. The maximum atomic E-state index is 4.58. The third-order valence-corrected chi connectivity index (χ3v) is 3.09. The number of rotatable bonds is 1. The fourth-order valence-electron chi connectivity index (χ4n) is 1.67. The summed E-state index contributed by atoms with van der Waals surface area (Å²) in [5.41, 5.74) is 2.04. The van der Waals surface area contributed by atoms with Gasteiger partial charge >= 0.3 is 0 Å². The quantitative estimate of drug-likeness (QED) is 0.795. The van der Waals surface area contributed by atoms with Crippen molar-refractivity contribution in [2.75, 3.05) is 0 Å². The SMILES string of the molecule is Cc1nc(C(C)C)nc2c1c(Br)cn2C. The minimum atomic E-state index is 0.363. The van der Waals surface area contributed by atoms with Crippen LogP contribution in [0, 0.1) is 6.92 Å². The van der Waals surface area contributed by atoms with Gasteiger partial charge in [-0.2, -0.15) is 0 Å². The van der Waals surface area contributed by atoms with E-state index in [2.05, 4.69) is 39.7 Å². The van der Waals surface area contributed by atoms with E-state index >= 15 is 0 Å². The molecule has 0 radical (unpaired) electrons. The van der Waals surface area contributed by atoms with E-state index in [0.29, 0.717) is 5.92 Å². The Bertz CT molecular complexity index is 514. The molecule has 0 bridgehead atoms. The zero-order chi connectivity index (χ0) is 11.2. The van der Waals surface area contributed by atoms with Crippen molar-refractivity contribution in [3.05, 3.63) is 22.2 Å². The minimum absolute atomic E-state index is 0.363. The average molecular weight is 268 g/mol. The van der Waals surface area contributed by atoms with Crippen LogP contribution in [0.1, 0.15) is 31.3 Å². The zero-order valence-electron chi connectivity index (χ0n) is 9.37. The van der Waals surface area contributed by atoms with Crippen LogP contribution in [0.4, 0.5) is 0 Å². The third kappa shape index (κ3) is 1.67. The van der Waals surface area contributed by atoms with Gasteiger partial charge in [-0.1, -0.05) is 13.8 Å². The largest absolute Gasteiger partial charge is 0.334 e. The topological polar surface area (TPSA) is 30.7 Å². The molecule has 0 saturated carbocycles. The first-order valence-corrected chi connectivity index (χ1v) is 5.79. The van der Waals surface area contributed by atoms with Gasteiger partial charge in [0, 0.05) is 23.6 Å². The number of hydrogen-bond donors (Lipinski definition) is 0. The van der Waals surface area contributed by atoms with Crippen LogP contribution in [0.3, 0.4) is 0 Å². The van der Waals surface area contributed by atoms with Crippen molar-refractivity contribution in [2.24, 2.45) is 7.05 Å². The van der Waals surface area contributed by atoms with Crippen molar-refractivity contribution in [3.8, 4) is 0 Å². The van der Waals surface area contributed by atoms with E-state index in [9.17, 15) is 0 Å². The van der Waals surface area contributed by atoms with Gasteiger partial charge in [-0.3, -0.25) is 0 Å². The molecule has 0 spiro atoms. The van der Waals surface area contributed by atoms with Crippen molar-refractivity contribution in [1.29, 1.82) is 0 Å². The summed E-state index contributed by atoms with van der Waals surface area (Å²) in [5, 5.41) is 1.11. The van der Waals surface area contributed by atoms with Crippen LogP contribution in [-0.4, -0.2) is 14.5 Å². The minimum Gasteiger partial charge on any atom is -0.334 e. The predicted molar refractivity (Wildman–Crippen MR) is 65.0 cm³/mol. The summed E-state index contributed by atoms with van der Waals surface area (Å²) < 4.78 is 3.09. The zero-order valence-corrected chi connectivity index (χ0v) is 11.0. The van der Waals surface area contributed by atoms with Gasteiger partial charge in [-0.05, 0) is 22.9 Å². The second kappa shape index (κ2) is 3.59. The predicted octanol–water partition coefficient (Wildman–Crippen LogP) is 3.16. The number of nitrogens with zero attached hydrogens (tertiary/aromatic N) is 3. The maximum Gasteiger partial charge on any atom is 0.144 e. The Morgan fingerprint density at radius 1 is 1.33 bits per heavy atom. The average Bonchev–Trinajstić information content (AvgIpc) is 2.42. The smallest absolute Gasteiger partial charge is 0.144 e. The van der Waals surface area contributed by atoms with E-state index in [1.165, 1.54) is 0 Å². The van der Waals surface area contributed by atoms with Crippen LogP contribution in [0.2, 0.25) is 0 Å². The van der Waals surface area contributed by atoms with Gasteiger partial charge in [0.25, 0.3) is 0 Å². The lowest BCUT2D eigenvalue weighted by atomic mass is 10.2. The Labute approximate surface area is 97.7 Å². The molecule has 0 amide bonds. The summed E-state index contributed by atoms with van der Waals surface area (Å²) in [6, 6.07) is 0. The Kier molecular flexibility index (Phi) is 2.54. The van der Waals surface area contributed by atoms with Crippen LogP contribution >= 0.6 is 15.9 Å². The number of halogens is 1. The van der Waals surface area contributed by atoms with E-state index in [1.807, 2.05) is 24.7 Å². The van der Waals surface area contributed by atoms with Crippen LogP contribution in [0.25, 0.3) is 11.0 Å². The van der Waals surface area contributed by atoms with Gasteiger partial charge in [-0.25, -0.2) is 9.97 Å². The Hall–Kier alpha value is -0.900. The first kappa shape index (κ1) is 10.6. The van der Waals surface area contributed by atoms with E-state index < -0.39 is 0 Å². The molecule has 0 saturated heterocycles. The molecule has 0 N–H and O–H groups in total. The number of hydrogen-bond acceptors (Lipinski definition) is 2. The highest BCUT2D eigenvalue weighted by atomic mass is 79.9. The van der Waals surface area contributed by atoms with Crippen molar-refractivity contribution in [2.45, 2.75) is 26.7 Å². The number of fused-ring (bicyclic) bond motifs is 1. The number of aromatic nitrogens is 3. The van der Waals surface area contributed by atoms with Gasteiger partial charge in [0.05, 0.1) is 11.1 Å². The van der Waals surface area contributed by atoms with Crippen molar-refractivity contribution in [1.82, 2.24) is 14.5 Å². The van der Waals surface area contributed by atoms with Crippen molar-refractivity contribution < 1.29 is 0 Å². The molecular weight excluding hydrogens is 254 g/mol. The molecule has 0 aliphatic carbocycles. The molecule has 0 atom stereocenters. The summed E-state index contributed by atoms with van der Waals surface area (Å²) in [7, 11) is 2.00. The lowest BCUT2D eigenvalue weighted by Crippen LogP contribution is -2.01. The molecule has 2 aromatic heterocycles. The first-order chi connectivity index (χ1) is 7.00. The highest BCUT2D eigenvalue weighted by Gasteiger charge is 2.13. The molecule has 15 heavy (non-hydrogen) atoms. The molecule has 4 heteroatoms. The molecule has 0 fully saturated rings. The summed E-state index contributed by atoms with van der Waals surface area (Å²) in [4.78, 5) is 9.10. The Balaban J connectivity index is 2.81. The Morgan fingerprint density at radius 2 is 2.00 bits per heavy atom. The van der Waals surface area contributed by atoms with Gasteiger partial charge in [-0.15, -0.1) is 0 Å². The Morgan fingerprint density at radius 3 is 2.60 bits per heavy atom. The maximum absolute atomic E-state index is 4.58. The second-order valence-corrected chi connectivity index (χ2v) is 4.96. The molecule has 2 rings (SSSR count). The van der Waals surface area contributed by atoms with Gasteiger partial charge in [0.15, 0.2) is 0 Å². The van der Waals surface area contributed by atoms with Gasteiger partial charge in [0.2, 0.25) is 0 Å². The molecule has 0 aliphatic heterocycles. The van der Waals surface area contributed by atoms with Crippen molar-refractivity contribution in [3.63, 3.8) is 0 Å². The van der Waals surface area contributed by atoms with E-state index in [4.69, 9.17) is 0 Å². The molecular formula is C11H14BrN3. The normalized spacial score (nSPS) is 11.6. The summed E-state index contributed by atoms with van der Waals surface area (Å²) in [5.74, 6) is 1.27. The lowest BCUT2D eigenvalue weighted by molar-refractivity contribution is 0.769. The summed E-state index contributed by atoms with van der Waals surface area (Å²) in [6.45, 7) is 6.25. The van der Waals surface area contributed by atoms with E-state index in [0.717, 1.165) is 27.0 Å². The van der Waals surface area contributed by atoms with Crippen molar-refractivity contribution >= 4 is 27.0 Å². The fraction of sp³-hybridized carbons (Fsp3) is 0.455. The molecule has 2 aromatic rings. The summed E-state index contributed by atoms with van der Waals surface area (Å²) >= 11 is 3.53. The van der Waals surface area contributed by atoms with E-state index in [-0.39, 0.29) is 0 Å². The monoisotopic (exact) mass is 267 g/mol. The fourth-order valence-corrected chi connectivity index (χ4v) is 2.44. The number of aryl methyl sites for hydroxylation is 2. The third-order valence-electron chi connectivity index (χ3n) is 2.48. The molecule has 0 aliphatic rings. The van der Waals surface area contributed by atoms with Crippen LogP contribution < -0.4 is 0 Å². The summed E-state index contributed by atoms with van der Waals surface area (Å²) in [6.07, 6.45) is 2.02. The lowest BCUT2D eigenvalue weighted by Gasteiger charge is -2.06. The van der Waals surface area contributed by atoms with E-state index in [1.54, 1.807) is 0 Å². The highest BCUT2D eigenvalue weighted by molar-refractivity contribution is 9.10. The van der Waals surface area contributed by atoms with Crippen LogP contribution in [0.5, 0.6) is 0 Å². The molecule has 2 heterocycles. The molecule has 3 nitrogen and oxygen atoms in total. The highest BCUT2D eigenvalue weighted by Crippen LogP contribution is 2.27. The molecule has 80 valence electrons. The van der Waals surface area contributed by atoms with Gasteiger partial charge < -0.3 is 4.57 Å². The van der Waals surface area contributed by atoms with Crippen LogP contribution in [-0.2, 0) is 7.05 Å². The second-order valence-electron chi connectivity index (χ2n) is 4.11. The first-order valence-electron chi connectivity index (χ1n) is 4.99. The standard InChI is InChI=1S/C11H14BrN3/c1-6(2)10-13-7(3)9-8(12)5-15(4)11(9)14-10/h5-6H,1-4H3. The van der Waals surface area contributed by atoms with Crippen LogP contribution in [0.15, 0.2) is 10.7 Å². The van der Waals surface area contributed by atoms with Gasteiger partial charge in [0.1, 0.15) is 11.5 Å². The molecule has 0 unspecified atom stereocenters.